The van der Waals surface area contributed by atoms with Crippen LogP contribution in [0.4, 0.5) is 18.9 Å². The molecule has 1 heterocycles. The van der Waals surface area contributed by atoms with Gasteiger partial charge in [-0.3, -0.25) is 4.79 Å². The molecular formula is C20H16ClF3N2O3S. The molecule has 0 spiro atoms. The van der Waals surface area contributed by atoms with E-state index in [2.05, 4.69) is 10.3 Å². The van der Waals surface area contributed by atoms with Gasteiger partial charge >= 0.3 is 6.18 Å². The van der Waals surface area contributed by atoms with E-state index in [-0.39, 0.29) is 5.69 Å². The van der Waals surface area contributed by atoms with Crippen LogP contribution in [0.3, 0.4) is 0 Å². The van der Waals surface area contributed by atoms with Gasteiger partial charge < -0.3 is 15.2 Å². The highest BCUT2D eigenvalue weighted by atomic mass is 35.5. The minimum atomic E-state index is -5.07. The molecular weight excluding hydrogens is 441 g/mol. The van der Waals surface area contributed by atoms with E-state index >= 15 is 0 Å². The molecule has 1 aromatic heterocycles. The fourth-order valence-corrected chi connectivity index (χ4v) is 3.63. The highest BCUT2D eigenvalue weighted by Gasteiger charge is 2.58. The molecule has 0 unspecified atom stereocenters. The van der Waals surface area contributed by atoms with Gasteiger partial charge in [0.15, 0.2) is 0 Å². The Hall–Kier alpha value is -2.62. The van der Waals surface area contributed by atoms with E-state index < -0.39 is 29.1 Å². The predicted molar refractivity (Wildman–Crippen MR) is 108 cm³/mol. The number of halogens is 4. The van der Waals surface area contributed by atoms with Gasteiger partial charge in [0.05, 0.1) is 11.4 Å². The monoisotopic (exact) mass is 456 g/mol. The third-order valence-corrected chi connectivity index (χ3v) is 5.48. The van der Waals surface area contributed by atoms with Gasteiger partial charge in [0, 0.05) is 16.8 Å². The average molecular weight is 457 g/mol. The van der Waals surface area contributed by atoms with Gasteiger partial charge in [-0.2, -0.15) is 13.2 Å². The van der Waals surface area contributed by atoms with Gasteiger partial charge in [0.25, 0.3) is 0 Å². The maximum absolute atomic E-state index is 13.5. The number of para-hydroxylation sites is 1. The molecule has 2 aromatic carbocycles. The number of aliphatic hydroxyl groups is 1. The molecule has 0 aliphatic heterocycles. The summed E-state index contributed by atoms with van der Waals surface area (Å²) in [7, 11) is 0. The number of benzene rings is 2. The molecule has 1 amide bonds. The first kappa shape index (κ1) is 22.1. The molecule has 0 saturated carbocycles. The third-order valence-electron chi connectivity index (χ3n) is 4.06. The minimum Gasteiger partial charge on any atom is -0.456 e. The lowest BCUT2D eigenvalue weighted by atomic mass is 9.99. The first-order valence-electron chi connectivity index (χ1n) is 8.62. The van der Waals surface area contributed by atoms with Crippen LogP contribution in [0.15, 0.2) is 53.9 Å². The summed E-state index contributed by atoms with van der Waals surface area (Å²) in [5.41, 5.74) is -2.80. The Morgan fingerprint density at radius 3 is 2.43 bits per heavy atom. The molecule has 0 aliphatic rings. The molecule has 2 N–H and O–H groups in total. The third kappa shape index (κ3) is 4.92. The van der Waals surface area contributed by atoms with Gasteiger partial charge in [0.1, 0.15) is 16.5 Å². The maximum Gasteiger partial charge on any atom is 0.424 e. The van der Waals surface area contributed by atoms with Crippen molar-refractivity contribution in [2.45, 2.75) is 25.1 Å². The number of ether oxygens (including phenoxy) is 1. The summed E-state index contributed by atoms with van der Waals surface area (Å²) in [5, 5.41) is 13.8. The van der Waals surface area contributed by atoms with Crippen LogP contribution in [0.5, 0.6) is 11.5 Å². The Balaban J connectivity index is 1.70. The first-order chi connectivity index (χ1) is 14.1. The van der Waals surface area contributed by atoms with E-state index in [0.29, 0.717) is 33.6 Å². The van der Waals surface area contributed by atoms with Crippen LogP contribution in [0.2, 0.25) is 5.02 Å². The lowest BCUT2D eigenvalue weighted by molar-refractivity contribution is -0.266. The summed E-state index contributed by atoms with van der Waals surface area (Å²) >= 11 is 6.67. The average Bonchev–Trinajstić information content (AvgIpc) is 3.11. The smallest absolute Gasteiger partial charge is 0.424 e. The number of thiazole rings is 1. The number of hydrogen-bond acceptors (Lipinski definition) is 5. The number of amides is 1. The molecule has 3 rings (SSSR count). The minimum absolute atomic E-state index is 0.242. The highest BCUT2D eigenvalue weighted by Crippen LogP contribution is 2.43. The number of carbonyl (C=O) groups is 1. The van der Waals surface area contributed by atoms with Gasteiger partial charge in [-0.1, -0.05) is 23.7 Å². The Bertz CT molecular complexity index is 1040. The van der Waals surface area contributed by atoms with Crippen molar-refractivity contribution in [3.05, 3.63) is 69.6 Å². The number of hydrogen-bond donors (Lipinski definition) is 2. The van der Waals surface area contributed by atoms with Crippen molar-refractivity contribution in [3.63, 3.8) is 0 Å². The Labute approximate surface area is 179 Å². The molecule has 0 aliphatic carbocycles. The van der Waals surface area contributed by atoms with Crippen LogP contribution >= 0.6 is 22.9 Å². The van der Waals surface area contributed by atoms with Crippen LogP contribution < -0.4 is 10.1 Å². The second-order valence-electron chi connectivity index (χ2n) is 6.43. The maximum atomic E-state index is 13.5. The zero-order valence-electron chi connectivity index (χ0n) is 15.5. The summed E-state index contributed by atoms with van der Waals surface area (Å²) in [6.07, 6.45) is -6.29. The largest absolute Gasteiger partial charge is 0.456 e. The van der Waals surface area contributed by atoms with Crippen molar-refractivity contribution in [2.24, 2.45) is 0 Å². The number of alkyl halides is 3. The zero-order chi connectivity index (χ0) is 21.9. The zero-order valence-corrected chi connectivity index (χ0v) is 17.1. The van der Waals surface area contributed by atoms with Crippen LogP contribution in [-0.4, -0.2) is 22.2 Å². The van der Waals surface area contributed by atoms with Crippen molar-refractivity contribution < 1.29 is 27.8 Å². The fourth-order valence-electron chi connectivity index (χ4n) is 2.54. The normalized spacial score (nSPS) is 13.5. The molecule has 3 aromatic rings. The van der Waals surface area contributed by atoms with Crippen molar-refractivity contribution in [2.75, 3.05) is 5.32 Å². The second-order valence-corrected chi connectivity index (χ2v) is 7.70. The Morgan fingerprint density at radius 1 is 1.20 bits per heavy atom. The number of rotatable bonds is 6. The van der Waals surface area contributed by atoms with E-state index in [4.69, 9.17) is 16.3 Å². The van der Waals surface area contributed by atoms with E-state index in [1.54, 1.807) is 24.3 Å². The molecule has 30 heavy (non-hydrogen) atoms. The molecule has 0 saturated heterocycles. The number of aryl methyl sites for hydroxylation is 1. The van der Waals surface area contributed by atoms with Crippen LogP contribution in [-0.2, 0) is 10.4 Å². The summed E-state index contributed by atoms with van der Waals surface area (Å²) in [6.45, 7) is 1.50. The number of anilines is 1. The molecule has 1 atom stereocenters. The van der Waals surface area contributed by atoms with Gasteiger partial charge in [-0.15, -0.1) is 11.3 Å². The van der Waals surface area contributed by atoms with Crippen LogP contribution in [0, 0.1) is 6.92 Å². The lowest BCUT2D eigenvalue weighted by Crippen LogP contribution is -2.45. The van der Waals surface area contributed by atoms with E-state index in [0.717, 1.165) is 0 Å². The SMILES string of the molecule is Cc1csc([C@@](O)(CC(=O)Nc2ccc(Oc3ccccc3Cl)cc2)C(F)(F)F)n1. The predicted octanol–water partition coefficient (Wildman–Crippen LogP) is 5.68. The number of aromatic nitrogens is 1. The van der Waals surface area contributed by atoms with Crippen molar-refractivity contribution in [1.82, 2.24) is 4.98 Å². The molecule has 0 radical (unpaired) electrons. The first-order valence-corrected chi connectivity index (χ1v) is 9.88. The van der Waals surface area contributed by atoms with Crippen molar-refractivity contribution in [1.29, 1.82) is 0 Å². The molecule has 158 valence electrons. The Kier molecular flexibility index (Phi) is 6.35. The van der Waals surface area contributed by atoms with Gasteiger partial charge in [-0.25, -0.2) is 4.98 Å². The Morgan fingerprint density at radius 2 is 1.87 bits per heavy atom. The number of carbonyl (C=O) groups excluding carboxylic acids is 1. The quantitative estimate of drug-likeness (QED) is 0.501. The summed E-state index contributed by atoms with van der Waals surface area (Å²) in [6, 6.07) is 12.8. The molecule has 0 bridgehead atoms. The van der Waals surface area contributed by atoms with E-state index in [1.807, 2.05) is 0 Å². The van der Waals surface area contributed by atoms with Crippen molar-refractivity contribution >= 4 is 34.5 Å². The topological polar surface area (TPSA) is 71.5 Å². The van der Waals surface area contributed by atoms with E-state index in [1.165, 1.54) is 36.6 Å². The van der Waals surface area contributed by atoms with Crippen LogP contribution in [0.25, 0.3) is 0 Å². The molecule has 10 heteroatoms. The highest BCUT2D eigenvalue weighted by molar-refractivity contribution is 7.09. The van der Waals surface area contributed by atoms with Gasteiger partial charge in [-0.05, 0) is 43.3 Å². The van der Waals surface area contributed by atoms with Crippen molar-refractivity contribution in [3.8, 4) is 11.5 Å². The molecule has 5 nitrogen and oxygen atoms in total. The van der Waals surface area contributed by atoms with Gasteiger partial charge in [0.2, 0.25) is 11.5 Å². The second kappa shape index (κ2) is 8.63. The van der Waals surface area contributed by atoms with Crippen LogP contribution in [0.1, 0.15) is 17.1 Å². The standard InChI is InChI=1S/C20H16ClF3N2O3S/c1-12-11-30-18(25-12)19(28,20(22,23)24)10-17(27)26-13-6-8-14(9-7-13)29-16-5-3-2-4-15(16)21/h2-9,11,28H,10H2,1H3,(H,26,27)/t19-/m0/s1. The fraction of sp³-hybridized carbons (Fsp3) is 0.200. The van der Waals surface area contributed by atoms with E-state index in [9.17, 15) is 23.1 Å². The summed E-state index contributed by atoms with van der Waals surface area (Å²) in [4.78, 5) is 15.9. The number of nitrogens with zero attached hydrogens (tertiary/aromatic N) is 1. The summed E-state index contributed by atoms with van der Waals surface area (Å²) in [5.74, 6) is -0.154. The lowest BCUT2D eigenvalue weighted by Gasteiger charge is -2.27. The molecule has 0 fully saturated rings. The number of nitrogens with one attached hydrogen (secondary N) is 1. The summed E-state index contributed by atoms with van der Waals surface area (Å²) < 4.78 is 46.1.